The van der Waals surface area contributed by atoms with Crippen molar-refractivity contribution in [2.45, 2.75) is 19.1 Å². The van der Waals surface area contributed by atoms with Crippen molar-refractivity contribution in [3.63, 3.8) is 0 Å². The van der Waals surface area contributed by atoms with Gasteiger partial charge in [0.2, 0.25) is 0 Å². The van der Waals surface area contributed by atoms with Gasteiger partial charge in [-0.1, -0.05) is 22.0 Å². The molecule has 3 heteroatoms. The van der Waals surface area contributed by atoms with Gasteiger partial charge in [0, 0.05) is 10.9 Å². The summed E-state index contributed by atoms with van der Waals surface area (Å²) in [5.41, 5.74) is 1.17. The van der Waals surface area contributed by atoms with Crippen molar-refractivity contribution in [2.75, 3.05) is 0 Å². The highest BCUT2D eigenvalue weighted by molar-refractivity contribution is 9.10. The molecule has 1 N–H and O–H groups in total. The molecular formula is C9H9BrO2. The van der Waals surface area contributed by atoms with E-state index in [0.717, 1.165) is 16.6 Å². The fourth-order valence-corrected chi connectivity index (χ4v) is 1.67. The van der Waals surface area contributed by atoms with Gasteiger partial charge in [0.15, 0.2) is 6.29 Å². The predicted octanol–water partition coefficient (Wildman–Crippen LogP) is 2.09. The van der Waals surface area contributed by atoms with Gasteiger partial charge in [0.1, 0.15) is 5.75 Å². The molecule has 0 amide bonds. The highest BCUT2D eigenvalue weighted by Gasteiger charge is 2.16. The van der Waals surface area contributed by atoms with Crippen LogP contribution in [0.3, 0.4) is 0 Å². The van der Waals surface area contributed by atoms with Crippen LogP contribution in [0.15, 0.2) is 22.7 Å². The zero-order valence-corrected chi connectivity index (χ0v) is 8.04. The van der Waals surface area contributed by atoms with E-state index in [9.17, 15) is 5.11 Å². The Morgan fingerprint density at radius 2 is 2.33 bits per heavy atom. The Bertz CT molecular complexity index is 299. The van der Waals surface area contributed by atoms with Gasteiger partial charge < -0.3 is 9.84 Å². The Balaban J connectivity index is 2.37. The molecule has 12 heavy (non-hydrogen) atoms. The molecule has 1 aromatic rings. The molecule has 1 unspecified atom stereocenters. The molecule has 0 bridgehead atoms. The number of halogens is 1. The molecule has 1 heterocycles. The molecule has 0 spiro atoms. The number of ether oxygens (including phenoxy) is 1. The second-order valence-corrected chi connectivity index (χ2v) is 3.78. The van der Waals surface area contributed by atoms with Gasteiger partial charge in [0.25, 0.3) is 0 Å². The Morgan fingerprint density at radius 3 is 3.17 bits per heavy atom. The smallest absolute Gasteiger partial charge is 0.197 e. The molecule has 1 aliphatic rings. The summed E-state index contributed by atoms with van der Waals surface area (Å²) in [7, 11) is 0. The molecule has 2 rings (SSSR count). The summed E-state index contributed by atoms with van der Waals surface area (Å²) in [6.07, 6.45) is 0.949. The third-order valence-electron chi connectivity index (χ3n) is 1.95. The number of aryl methyl sites for hydroxylation is 1. The summed E-state index contributed by atoms with van der Waals surface area (Å²) < 4.78 is 6.22. The molecule has 1 atom stereocenters. The Labute approximate surface area is 79.3 Å². The fourth-order valence-electron chi connectivity index (χ4n) is 1.33. The third kappa shape index (κ3) is 1.47. The van der Waals surface area contributed by atoms with Crippen molar-refractivity contribution in [3.8, 4) is 5.75 Å². The largest absolute Gasteiger partial charge is 0.465 e. The van der Waals surface area contributed by atoms with Crippen LogP contribution in [0, 0.1) is 0 Å². The first-order valence-corrected chi connectivity index (χ1v) is 4.68. The molecule has 0 aromatic heterocycles. The van der Waals surface area contributed by atoms with Crippen LogP contribution >= 0.6 is 15.9 Å². The molecule has 64 valence electrons. The number of hydrogen-bond donors (Lipinski definition) is 1. The van der Waals surface area contributed by atoms with Crippen molar-refractivity contribution in [1.82, 2.24) is 0 Å². The van der Waals surface area contributed by atoms with Crippen LogP contribution in [0.25, 0.3) is 0 Å². The first kappa shape index (κ1) is 8.08. The summed E-state index contributed by atoms with van der Waals surface area (Å²) in [5.74, 6) is 0.795. The average molecular weight is 229 g/mol. The molecule has 2 nitrogen and oxygen atoms in total. The quantitative estimate of drug-likeness (QED) is 0.738. The molecular weight excluding hydrogens is 220 g/mol. The maximum atomic E-state index is 9.21. The van der Waals surface area contributed by atoms with Gasteiger partial charge in [-0.05, 0) is 24.1 Å². The second kappa shape index (κ2) is 3.07. The predicted molar refractivity (Wildman–Crippen MR) is 49.1 cm³/mol. The van der Waals surface area contributed by atoms with Crippen LogP contribution in [0.2, 0.25) is 0 Å². The van der Waals surface area contributed by atoms with Crippen LogP contribution in [0.1, 0.15) is 12.0 Å². The van der Waals surface area contributed by atoms with Crippen LogP contribution in [0.5, 0.6) is 5.75 Å². The zero-order valence-electron chi connectivity index (χ0n) is 6.46. The van der Waals surface area contributed by atoms with Crippen molar-refractivity contribution in [1.29, 1.82) is 0 Å². The number of benzene rings is 1. The minimum Gasteiger partial charge on any atom is -0.465 e. The number of aliphatic hydroxyl groups excluding tert-OH is 1. The highest BCUT2D eigenvalue weighted by atomic mass is 79.9. The van der Waals surface area contributed by atoms with E-state index < -0.39 is 6.29 Å². The Hall–Kier alpha value is -0.540. The van der Waals surface area contributed by atoms with E-state index >= 15 is 0 Å². The van der Waals surface area contributed by atoms with E-state index in [1.165, 1.54) is 5.56 Å². The van der Waals surface area contributed by atoms with E-state index in [0.29, 0.717) is 6.42 Å². The number of rotatable bonds is 0. The number of aliphatic hydroxyl groups is 1. The molecule has 1 aliphatic heterocycles. The average Bonchev–Trinajstić information content (AvgIpc) is 2.03. The second-order valence-electron chi connectivity index (χ2n) is 2.86. The van der Waals surface area contributed by atoms with Gasteiger partial charge in [-0.3, -0.25) is 0 Å². The third-order valence-corrected chi connectivity index (χ3v) is 2.45. The maximum Gasteiger partial charge on any atom is 0.197 e. The van der Waals surface area contributed by atoms with Gasteiger partial charge in [-0.25, -0.2) is 0 Å². The minimum absolute atomic E-state index is 0.633. The van der Waals surface area contributed by atoms with Crippen LogP contribution in [-0.2, 0) is 6.42 Å². The monoisotopic (exact) mass is 228 g/mol. The molecule has 0 aliphatic carbocycles. The van der Waals surface area contributed by atoms with Crippen molar-refractivity contribution in [2.24, 2.45) is 0 Å². The lowest BCUT2D eigenvalue weighted by atomic mass is 10.1. The Kier molecular flexibility index (Phi) is 2.07. The van der Waals surface area contributed by atoms with Crippen LogP contribution in [0.4, 0.5) is 0 Å². The molecule has 0 saturated carbocycles. The lowest BCUT2D eigenvalue weighted by Gasteiger charge is -2.21. The summed E-state index contributed by atoms with van der Waals surface area (Å²) in [5, 5.41) is 9.21. The summed E-state index contributed by atoms with van der Waals surface area (Å²) in [6.45, 7) is 0. The van der Waals surface area contributed by atoms with E-state index in [2.05, 4.69) is 15.9 Å². The first-order chi connectivity index (χ1) is 5.75. The summed E-state index contributed by atoms with van der Waals surface area (Å²) in [4.78, 5) is 0. The van der Waals surface area contributed by atoms with Gasteiger partial charge in [-0.15, -0.1) is 0 Å². The SMILES string of the molecule is OC1CCc2ccc(Br)cc2O1. The van der Waals surface area contributed by atoms with Crippen molar-refractivity contribution < 1.29 is 9.84 Å². The van der Waals surface area contributed by atoms with Crippen molar-refractivity contribution in [3.05, 3.63) is 28.2 Å². The van der Waals surface area contributed by atoms with Gasteiger partial charge >= 0.3 is 0 Å². The summed E-state index contributed by atoms with van der Waals surface area (Å²) in [6, 6.07) is 5.89. The maximum absolute atomic E-state index is 9.21. The Morgan fingerprint density at radius 1 is 1.50 bits per heavy atom. The van der Waals surface area contributed by atoms with E-state index in [-0.39, 0.29) is 0 Å². The molecule has 0 saturated heterocycles. The fraction of sp³-hybridized carbons (Fsp3) is 0.333. The standard InChI is InChI=1S/C9H9BrO2/c10-7-3-1-6-2-4-9(11)12-8(6)5-7/h1,3,5,9,11H,2,4H2. The number of fused-ring (bicyclic) bond motifs is 1. The van der Waals surface area contributed by atoms with Crippen LogP contribution < -0.4 is 4.74 Å². The zero-order chi connectivity index (χ0) is 8.55. The number of hydrogen-bond acceptors (Lipinski definition) is 2. The first-order valence-electron chi connectivity index (χ1n) is 3.89. The van der Waals surface area contributed by atoms with Crippen LogP contribution in [-0.4, -0.2) is 11.4 Å². The summed E-state index contributed by atoms with van der Waals surface area (Å²) >= 11 is 3.35. The topological polar surface area (TPSA) is 29.5 Å². The highest BCUT2D eigenvalue weighted by Crippen LogP contribution is 2.29. The van der Waals surface area contributed by atoms with E-state index in [1.54, 1.807) is 0 Å². The lowest BCUT2D eigenvalue weighted by Crippen LogP contribution is -2.21. The van der Waals surface area contributed by atoms with Gasteiger partial charge in [-0.2, -0.15) is 0 Å². The normalized spacial score (nSPS) is 21.3. The van der Waals surface area contributed by atoms with E-state index in [4.69, 9.17) is 4.74 Å². The minimum atomic E-state index is -0.633. The lowest BCUT2D eigenvalue weighted by molar-refractivity contribution is -0.0316. The van der Waals surface area contributed by atoms with Crippen molar-refractivity contribution >= 4 is 15.9 Å². The molecule has 1 aromatic carbocycles. The van der Waals surface area contributed by atoms with Gasteiger partial charge in [0.05, 0.1) is 0 Å². The molecule has 0 radical (unpaired) electrons. The van der Waals surface area contributed by atoms with E-state index in [1.807, 2.05) is 18.2 Å². The molecule has 0 fully saturated rings.